The molecule has 0 saturated heterocycles. The fourth-order valence-corrected chi connectivity index (χ4v) is 1.64. The van der Waals surface area contributed by atoms with E-state index in [0.717, 1.165) is 12.8 Å². The van der Waals surface area contributed by atoms with Crippen LogP contribution < -0.4 is 9.47 Å². The van der Waals surface area contributed by atoms with Gasteiger partial charge < -0.3 is 14.2 Å². The largest absolute Gasteiger partial charge is 0.493 e. The summed E-state index contributed by atoms with van der Waals surface area (Å²) in [4.78, 5) is 23.5. The molecule has 0 amide bonds. The Labute approximate surface area is 111 Å². The first-order chi connectivity index (χ1) is 9.17. The molecule has 0 atom stereocenters. The van der Waals surface area contributed by atoms with Gasteiger partial charge in [0.15, 0.2) is 11.5 Å². The molecular formula is C14H16O5. The van der Waals surface area contributed by atoms with E-state index in [1.54, 1.807) is 25.1 Å². The Balaban J connectivity index is 2.31. The van der Waals surface area contributed by atoms with E-state index in [1.165, 1.54) is 7.11 Å². The van der Waals surface area contributed by atoms with Gasteiger partial charge in [0.2, 0.25) is 0 Å². The number of hydrogen-bond donors (Lipinski definition) is 0. The average molecular weight is 264 g/mol. The summed E-state index contributed by atoms with van der Waals surface area (Å²) in [5.74, 6) is -0.819. The third kappa shape index (κ3) is 3.05. The Bertz CT molecular complexity index is 491. The zero-order valence-electron chi connectivity index (χ0n) is 11.0. The van der Waals surface area contributed by atoms with Crippen LogP contribution in [-0.2, 0) is 9.53 Å². The fraction of sp³-hybridized carbons (Fsp3) is 0.429. The van der Waals surface area contributed by atoms with Gasteiger partial charge in [-0.3, -0.25) is 4.79 Å². The predicted molar refractivity (Wildman–Crippen MR) is 67.6 cm³/mol. The predicted octanol–water partition coefficient (Wildman–Crippen LogP) is 1.98. The molecule has 0 aliphatic heterocycles. The number of methoxy groups -OCH3 is 1. The molecule has 0 heterocycles. The molecular weight excluding hydrogens is 248 g/mol. The van der Waals surface area contributed by atoms with E-state index < -0.39 is 11.8 Å². The summed E-state index contributed by atoms with van der Waals surface area (Å²) in [7, 11) is 1.49. The molecule has 0 spiro atoms. The lowest BCUT2D eigenvalue weighted by Crippen LogP contribution is -2.19. The van der Waals surface area contributed by atoms with Crippen molar-refractivity contribution in [1.82, 2.24) is 0 Å². The summed E-state index contributed by atoms with van der Waals surface area (Å²) >= 11 is 0. The van der Waals surface area contributed by atoms with Crippen molar-refractivity contribution in [2.45, 2.75) is 25.9 Å². The second-order valence-corrected chi connectivity index (χ2v) is 4.20. The number of ether oxygens (including phenoxy) is 3. The summed E-state index contributed by atoms with van der Waals surface area (Å²) in [5, 5.41) is 0. The number of para-hydroxylation sites is 1. The van der Waals surface area contributed by atoms with Gasteiger partial charge in [0.05, 0.1) is 25.4 Å². The van der Waals surface area contributed by atoms with E-state index in [-0.39, 0.29) is 18.3 Å². The highest BCUT2D eigenvalue weighted by atomic mass is 16.5. The maximum atomic E-state index is 12.0. The molecule has 1 saturated carbocycles. The minimum atomic E-state index is -0.878. The first kappa shape index (κ1) is 13.4. The first-order valence-electron chi connectivity index (χ1n) is 6.22. The molecule has 0 N–H and O–H groups in total. The van der Waals surface area contributed by atoms with Crippen LogP contribution in [0, 0.1) is 0 Å². The number of rotatable bonds is 6. The molecule has 5 heteroatoms. The third-order valence-electron chi connectivity index (χ3n) is 2.71. The number of ketones is 1. The zero-order chi connectivity index (χ0) is 13.8. The Morgan fingerprint density at radius 1 is 1.32 bits per heavy atom. The molecule has 2 rings (SSSR count). The minimum Gasteiger partial charge on any atom is -0.493 e. The molecule has 102 valence electrons. The average Bonchev–Trinajstić information content (AvgIpc) is 3.22. The van der Waals surface area contributed by atoms with Crippen LogP contribution in [0.4, 0.5) is 0 Å². The highest BCUT2D eigenvalue weighted by Crippen LogP contribution is 2.36. The maximum Gasteiger partial charge on any atom is 0.379 e. The molecule has 1 aliphatic rings. The molecule has 19 heavy (non-hydrogen) atoms. The van der Waals surface area contributed by atoms with E-state index >= 15 is 0 Å². The SMILES string of the molecule is CCOC(=O)C(=O)c1cccc(OC)c1OC1CC1. The summed E-state index contributed by atoms with van der Waals surface area (Å²) in [6.07, 6.45) is 2.00. The van der Waals surface area contributed by atoms with Crippen LogP contribution in [0.3, 0.4) is 0 Å². The van der Waals surface area contributed by atoms with Gasteiger partial charge in [0.25, 0.3) is 5.78 Å². The number of esters is 1. The number of carbonyl (C=O) groups excluding carboxylic acids is 2. The van der Waals surface area contributed by atoms with Crippen molar-refractivity contribution in [3.05, 3.63) is 23.8 Å². The highest BCUT2D eigenvalue weighted by Gasteiger charge is 2.30. The summed E-state index contributed by atoms with van der Waals surface area (Å²) in [6.45, 7) is 1.81. The van der Waals surface area contributed by atoms with Crippen molar-refractivity contribution in [1.29, 1.82) is 0 Å². The summed E-state index contributed by atoms with van der Waals surface area (Å²) < 4.78 is 15.6. The monoisotopic (exact) mass is 264 g/mol. The third-order valence-corrected chi connectivity index (χ3v) is 2.71. The molecule has 1 aromatic carbocycles. The zero-order valence-corrected chi connectivity index (χ0v) is 11.0. The van der Waals surface area contributed by atoms with E-state index in [4.69, 9.17) is 14.2 Å². The molecule has 1 aliphatic carbocycles. The van der Waals surface area contributed by atoms with E-state index in [0.29, 0.717) is 11.5 Å². The Hall–Kier alpha value is -2.04. The molecule has 0 unspecified atom stereocenters. The summed E-state index contributed by atoms with van der Waals surface area (Å²) in [5.41, 5.74) is 0.185. The second kappa shape index (κ2) is 5.73. The molecule has 0 aromatic heterocycles. The quantitative estimate of drug-likeness (QED) is 0.446. The van der Waals surface area contributed by atoms with Crippen molar-refractivity contribution in [2.75, 3.05) is 13.7 Å². The van der Waals surface area contributed by atoms with Gasteiger partial charge in [-0.15, -0.1) is 0 Å². The maximum absolute atomic E-state index is 12.0. The van der Waals surface area contributed by atoms with Crippen molar-refractivity contribution in [2.24, 2.45) is 0 Å². The minimum absolute atomic E-state index is 0.102. The van der Waals surface area contributed by atoms with Crippen LogP contribution in [0.2, 0.25) is 0 Å². The highest BCUT2D eigenvalue weighted by molar-refractivity contribution is 6.41. The Morgan fingerprint density at radius 2 is 2.05 bits per heavy atom. The Morgan fingerprint density at radius 3 is 2.63 bits per heavy atom. The summed E-state index contributed by atoms with van der Waals surface area (Å²) in [6, 6.07) is 4.88. The number of carbonyl (C=O) groups is 2. The van der Waals surface area contributed by atoms with Gasteiger partial charge in [-0.25, -0.2) is 4.79 Å². The van der Waals surface area contributed by atoms with E-state index in [9.17, 15) is 9.59 Å². The standard InChI is InChI=1S/C14H16O5/c1-3-18-14(16)12(15)10-5-4-6-11(17-2)13(10)19-9-7-8-9/h4-6,9H,3,7-8H2,1-2H3. The lowest BCUT2D eigenvalue weighted by molar-refractivity contribution is -0.137. The van der Waals surface area contributed by atoms with Crippen LogP contribution in [0.15, 0.2) is 18.2 Å². The van der Waals surface area contributed by atoms with Gasteiger partial charge in [-0.05, 0) is 31.9 Å². The lowest BCUT2D eigenvalue weighted by Gasteiger charge is -2.13. The van der Waals surface area contributed by atoms with Gasteiger partial charge in [-0.2, -0.15) is 0 Å². The molecule has 1 fully saturated rings. The normalized spacial score (nSPS) is 13.8. The van der Waals surface area contributed by atoms with Gasteiger partial charge in [0.1, 0.15) is 0 Å². The van der Waals surface area contributed by atoms with Gasteiger partial charge in [-0.1, -0.05) is 6.07 Å². The van der Waals surface area contributed by atoms with Crippen molar-refractivity contribution in [3.63, 3.8) is 0 Å². The first-order valence-corrected chi connectivity index (χ1v) is 6.22. The number of benzene rings is 1. The van der Waals surface area contributed by atoms with Crippen LogP contribution in [0.25, 0.3) is 0 Å². The van der Waals surface area contributed by atoms with Crippen molar-refractivity contribution >= 4 is 11.8 Å². The van der Waals surface area contributed by atoms with Crippen molar-refractivity contribution in [3.8, 4) is 11.5 Å². The Kier molecular flexibility index (Phi) is 4.04. The number of hydrogen-bond acceptors (Lipinski definition) is 5. The van der Waals surface area contributed by atoms with Crippen LogP contribution in [-0.4, -0.2) is 31.6 Å². The lowest BCUT2D eigenvalue weighted by atomic mass is 10.1. The topological polar surface area (TPSA) is 61.8 Å². The fourth-order valence-electron chi connectivity index (χ4n) is 1.64. The van der Waals surface area contributed by atoms with Crippen molar-refractivity contribution < 1.29 is 23.8 Å². The second-order valence-electron chi connectivity index (χ2n) is 4.20. The molecule has 0 bridgehead atoms. The number of Topliss-reactive ketones (excluding diaryl/α,β-unsaturated/α-hetero) is 1. The van der Waals surface area contributed by atoms with Crippen LogP contribution in [0.1, 0.15) is 30.1 Å². The van der Waals surface area contributed by atoms with Crippen LogP contribution >= 0.6 is 0 Å². The molecule has 1 aromatic rings. The molecule has 5 nitrogen and oxygen atoms in total. The van der Waals surface area contributed by atoms with Gasteiger partial charge >= 0.3 is 5.97 Å². The van der Waals surface area contributed by atoms with Crippen LogP contribution in [0.5, 0.6) is 11.5 Å². The smallest absolute Gasteiger partial charge is 0.379 e. The van der Waals surface area contributed by atoms with Gasteiger partial charge in [0, 0.05) is 0 Å². The van der Waals surface area contributed by atoms with E-state index in [1.807, 2.05) is 0 Å². The van der Waals surface area contributed by atoms with E-state index in [2.05, 4.69) is 0 Å². The molecule has 0 radical (unpaired) electrons.